The normalized spacial score (nSPS) is 11.8. The average molecular weight is 390 g/mol. The highest BCUT2D eigenvalue weighted by Gasteiger charge is 2.19. The molecule has 0 bridgehead atoms. The van der Waals surface area contributed by atoms with Gasteiger partial charge in [-0.15, -0.1) is 0 Å². The van der Waals surface area contributed by atoms with Crippen molar-refractivity contribution in [3.05, 3.63) is 64.4 Å². The van der Waals surface area contributed by atoms with Crippen molar-refractivity contribution in [2.45, 2.75) is 13.0 Å². The van der Waals surface area contributed by atoms with E-state index in [2.05, 4.69) is 15.3 Å². The molecule has 3 rings (SSSR count). The zero-order valence-electron chi connectivity index (χ0n) is 13.6. The van der Waals surface area contributed by atoms with Crippen molar-refractivity contribution < 1.29 is 14.3 Å². The summed E-state index contributed by atoms with van der Waals surface area (Å²) >= 11 is 11.6. The number of aromatic nitrogens is 2. The van der Waals surface area contributed by atoms with E-state index in [0.717, 1.165) is 5.39 Å². The van der Waals surface area contributed by atoms with Gasteiger partial charge in [0.2, 0.25) is 0 Å². The lowest BCUT2D eigenvalue weighted by molar-refractivity contribution is -0.123. The van der Waals surface area contributed by atoms with Gasteiger partial charge in [-0.3, -0.25) is 4.79 Å². The molecule has 1 amide bonds. The number of nitrogens with zero attached hydrogens (tertiary/aromatic N) is 2. The molecule has 8 heteroatoms. The fraction of sp³-hybridized carbons (Fsp3) is 0.111. The number of ether oxygens (including phenoxy) is 1. The molecular weight excluding hydrogens is 377 g/mol. The van der Waals surface area contributed by atoms with E-state index in [4.69, 9.17) is 27.9 Å². The van der Waals surface area contributed by atoms with Crippen LogP contribution in [0.1, 0.15) is 17.3 Å². The highest BCUT2D eigenvalue weighted by molar-refractivity contribution is 6.30. The maximum Gasteiger partial charge on any atom is 0.338 e. The number of esters is 1. The predicted octanol–water partition coefficient (Wildman–Crippen LogP) is 4.12. The molecule has 1 N–H and O–H groups in total. The highest BCUT2D eigenvalue weighted by atomic mass is 35.5. The van der Waals surface area contributed by atoms with Gasteiger partial charge in [0.05, 0.1) is 16.1 Å². The van der Waals surface area contributed by atoms with Crippen LogP contribution in [0.3, 0.4) is 0 Å². The molecule has 0 aliphatic carbocycles. The van der Waals surface area contributed by atoms with Crippen LogP contribution in [0.25, 0.3) is 10.9 Å². The van der Waals surface area contributed by atoms with Gasteiger partial charge in [-0.2, -0.15) is 0 Å². The van der Waals surface area contributed by atoms with Crippen LogP contribution in [-0.4, -0.2) is 27.9 Å². The molecule has 1 aromatic carbocycles. The van der Waals surface area contributed by atoms with Crippen LogP contribution in [-0.2, 0) is 9.53 Å². The summed E-state index contributed by atoms with van der Waals surface area (Å²) in [7, 11) is 0. The van der Waals surface area contributed by atoms with Crippen LogP contribution >= 0.6 is 23.2 Å². The molecule has 2 heterocycles. The van der Waals surface area contributed by atoms with E-state index in [1.807, 2.05) is 0 Å². The van der Waals surface area contributed by atoms with E-state index in [0.29, 0.717) is 27.1 Å². The van der Waals surface area contributed by atoms with Gasteiger partial charge in [0.25, 0.3) is 5.91 Å². The lowest BCUT2D eigenvalue weighted by atomic mass is 10.1. The summed E-state index contributed by atoms with van der Waals surface area (Å²) in [6.45, 7) is 1.48. The van der Waals surface area contributed by atoms with E-state index >= 15 is 0 Å². The third kappa shape index (κ3) is 4.28. The first-order chi connectivity index (χ1) is 12.4. The lowest BCUT2D eigenvalue weighted by Gasteiger charge is -2.13. The lowest BCUT2D eigenvalue weighted by Crippen LogP contribution is -2.30. The second kappa shape index (κ2) is 7.68. The van der Waals surface area contributed by atoms with Gasteiger partial charge in [0.15, 0.2) is 6.10 Å². The number of rotatable bonds is 4. The molecule has 0 aliphatic heterocycles. The van der Waals surface area contributed by atoms with Crippen LogP contribution in [0.5, 0.6) is 0 Å². The number of hydrogen-bond acceptors (Lipinski definition) is 5. The zero-order chi connectivity index (χ0) is 18.7. The van der Waals surface area contributed by atoms with Gasteiger partial charge in [0, 0.05) is 11.6 Å². The maximum absolute atomic E-state index is 12.3. The molecule has 0 aliphatic rings. The van der Waals surface area contributed by atoms with Crippen LogP contribution in [0.15, 0.2) is 48.7 Å². The molecule has 0 spiro atoms. The number of fused-ring (bicyclic) bond motifs is 1. The zero-order valence-corrected chi connectivity index (χ0v) is 15.1. The number of carbonyl (C=O) groups is 2. The number of carbonyl (C=O) groups excluding carboxylic acids is 2. The Balaban J connectivity index is 1.67. The van der Waals surface area contributed by atoms with E-state index in [1.54, 1.807) is 42.5 Å². The van der Waals surface area contributed by atoms with E-state index in [1.165, 1.54) is 13.1 Å². The van der Waals surface area contributed by atoms with Crippen LogP contribution in [0, 0.1) is 0 Å². The van der Waals surface area contributed by atoms with Crippen molar-refractivity contribution in [3.63, 3.8) is 0 Å². The Morgan fingerprint density at radius 2 is 1.92 bits per heavy atom. The summed E-state index contributed by atoms with van der Waals surface area (Å²) < 4.78 is 5.22. The summed E-state index contributed by atoms with van der Waals surface area (Å²) in [5.74, 6) is -0.799. The Morgan fingerprint density at radius 1 is 1.12 bits per heavy atom. The van der Waals surface area contributed by atoms with Crippen molar-refractivity contribution in [3.8, 4) is 0 Å². The molecule has 132 valence electrons. The van der Waals surface area contributed by atoms with Gasteiger partial charge in [-0.05, 0) is 49.4 Å². The van der Waals surface area contributed by atoms with Crippen molar-refractivity contribution in [2.24, 2.45) is 0 Å². The number of nitrogens with one attached hydrogen (secondary N) is 1. The van der Waals surface area contributed by atoms with Crippen LogP contribution in [0.2, 0.25) is 10.2 Å². The van der Waals surface area contributed by atoms with Crippen molar-refractivity contribution in [2.75, 3.05) is 5.32 Å². The molecule has 26 heavy (non-hydrogen) atoms. The standard InChI is InChI=1S/C18H13Cl2N3O3/c1-10(17(24)23-16-7-4-13(19)9-21-16)26-18(25)12-2-5-14-11(8-12)3-6-15(20)22-14/h2-10H,1H3,(H,21,23,24). The summed E-state index contributed by atoms with van der Waals surface area (Å²) in [6, 6.07) is 11.4. The van der Waals surface area contributed by atoms with Gasteiger partial charge >= 0.3 is 5.97 Å². The van der Waals surface area contributed by atoms with E-state index in [-0.39, 0.29) is 0 Å². The number of amides is 1. The van der Waals surface area contributed by atoms with Gasteiger partial charge in [0.1, 0.15) is 11.0 Å². The van der Waals surface area contributed by atoms with Crippen molar-refractivity contribution in [1.29, 1.82) is 0 Å². The van der Waals surface area contributed by atoms with Gasteiger partial charge < -0.3 is 10.1 Å². The second-order valence-electron chi connectivity index (χ2n) is 5.44. The third-order valence-corrected chi connectivity index (χ3v) is 3.96. The largest absolute Gasteiger partial charge is 0.449 e. The number of benzene rings is 1. The first-order valence-electron chi connectivity index (χ1n) is 7.62. The first-order valence-corrected chi connectivity index (χ1v) is 8.38. The molecule has 0 fully saturated rings. The summed E-state index contributed by atoms with van der Waals surface area (Å²) in [6.07, 6.45) is 0.405. The van der Waals surface area contributed by atoms with Crippen LogP contribution < -0.4 is 5.32 Å². The topological polar surface area (TPSA) is 81.2 Å². The Labute approximate surface area is 159 Å². The maximum atomic E-state index is 12.3. The number of pyridine rings is 2. The molecule has 6 nitrogen and oxygen atoms in total. The van der Waals surface area contributed by atoms with Gasteiger partial charge in [-0.25, -0.2) is 14.8 Å². The number of anilines is 1. The fourth-order valence-electron chi connectivity index (χ4n) is 2.19. The van der Waals surface area contributed by atoms with E-state index < -0.39 is 18.0 Å². The average Bonchev–Trinajstić information content (AvgIpc) is 2.63. The Kier molecular flexibility index (Phi) is 5.35. The smallest absolute Gasteiger partial charge is 0.338 e. The summed E-state index contributed by atoms with van der Waals surface area (Å²) in [4.78, 5) is 32.5. The summed E-state index contributed by atoms with van der Waals surface area (Å²) in [5.41, 5.74) is 0.972. The predicted molar refractivity (Wildman–Crippen MR) is 99.5 cm³/mol. The minimum atomic E-state index is -1.00. The third-order valence-electron chi connectivity index (χ3n) is 3.52. The Morgan fingerprint density at radius 3 is 2.65 bits per heavy atom. The quantitative estimate of drug-likeness (QED) is 0.535. The minimum Gasteiger partial charge on any atom is -0.449 e. The monoisotopic (exact) mass is 389 g/mol. The molecule has 0 saturated heterocycles. The molecule has 2 aromatic heterocycles. The van der Waals surface area contributed by atoms with Crippen LogP contribution in [0.4, 0.5) is 5.82 Å². The molecular formula is C18H13Cl2N3O3. The number of halogens is 2. The highest BCUT2D eigenvalue weighted by Crippen LogP contribution is 2.18. The Bertz CT molecular complexity index is 977. The van der Waals surface area contributed by atoms with Crippen molar-refractivity contribution >= 4 is 51.8 Å². The van der Waals surface area contributed by atoms with Crippen molar-refractivity contribution in [1.82, 2.24) is 9.97 Å². The molecule has 3 aromatic rings. The fourth-order valence-corrected chi connectivity index (χ4v) is 2.45. The SMILES string of the molecule is CC(OC(=O)c1ccc2nc(Cl)ccc2c1)C(=O)Nc1ccc(Cl)cn1. The minimum absolute atomic E-state index is 0.311. The molecule has 1 unspecified atom stereocenters. The molecule has 0 radical (unpaired) electrons. The molecule has 0 saturated carbocycles. The second-order valence-corrected chi connectivity index (χ2v) is 6.26. The number of hydrogen-bond donors (Lipinski definition) is 1. The van der Waals surface area contributed by atoms with E-state index in [9.17, 15) is 9.59 Å². The summed E-state index contributed by atoms with van der Waals surface area (Å²) in [5, 5.41) is 4.12. The Hall–Kier alpha value is -2.70. The van der Waals surface area contributed by atoms with Gasteiger partial charge in [-0.1, -0.05) is 23.2 Å². The first kappa shape index (κ1) is 18.1. The molecule has 1 atom stereocenters.